The number of likely N-dealkylation sites (tertiary alicyclic amines) is 1. The Hall–Kier alpha value is -3.00. The summed E-state index contributed by atoms with van der Waals surface area (Å²) >= 11 is 0. The Morgan fingerprint density at radius 1 is 1.16 bits per heavy atom. The summed E-state index contributed by atoms with van der Waals surface area (Å²) in [6, 6.07) is 7.58. The summed E-state index contributed by atoms with van der Waals surface area (Å²) < 4.78 is 5.13. The first-order chi connectivity index (χ1) is 15.0. The van der Waals surface area contributed by atoms with E-state index in [2.05, 4.69) is 5.32 Å². The minimum Gasteiger partial charge on any atom is -0.380 e. The van der Waals surface area contributed by atoms with Gasteiger partial charge in [-0.3, -0.25) is 9.59 Å². The molecule has 2 aliphatic heterocycles. The van der Waals surface area contributed by atoms with Gasteiger partial charge in [0.05, 0.1) is 18.8 Å². The zero-order chi connectivity index (χ0) is 22.0. The van der Waals surface area contributed by atoms with Gasteiger partial charge < -0.3 is 19.9 Å². The van der Waals surface area contributed by atoms with Crippen molar-refractivity contribution in [2.24, 2.45) is 0 Å². The predicted octanol–water partition coefficient (Wildman–Crippen LogP) is 2.20. The van der Waals surface area contributed by atoms with Gasteiger partial charge in [0.25, 0.3) is 5.91 Å². The number of fused-ring (bicyclic) bond motifs is 1. The topological polar surface area (TPSA) is 87.7 Å². The molecule has 1 fully saturated rings. The van der Waals surface area contributed by atoms with E-state index in [-0.39, 0.29) is 17.7 Å². The monoisotopic (exact) mass is 423 g/mol. The number of hydrogen-bond acceptors (Lipinski definition) is 6. The van der Waals surface area contributed by atoms with Crippen molar-refractivity contribution < 1.29 is 14.3 Å². The van der Waals surface area contributed by atoms with Crippen LogP contribution in [0.1, 0.15) is 52.3 Å². The Bertz CT molecular complexity index is 959. The number of rotatable bonds is 5. The number of carbonyl (C=O) groups excluding carboxylic acids is 2. The van der Waals surface area contributed by atoms with Crippen LogP contribution in [0.25, 0.3) is 0 Å². The van der Waals surface area contributed by atoms with Crippen LogP contribution < -0.4 is 5.32 Å². The van der Waals surface area contributed by atoms with E-state index < -0.39 is 0 Å². The zero-order valence-electron chi connectivity index (χ0n) is 18.4. The number of ether oxygens (including phenoxy) is 1. The number of benzene rings is 1. The third-order valence-corrected chi connectivity index (χ3v) is 6.11. The lowest BCUT2D eigenvalue weighted by molar-refractivity contribution is -0.129. The van der Waals surface area contributed by atoms with E-state index in [0.717, 1.165) is 41.3 Å². The number of anilines is 1. The molecule has 1 aromatic carbocycles. The summed E-state index contributed by atoms with van der Waals surface area (Å²) in [4.78, 5) is 38.1. The number of nitrogens with zero attached hydrogens (tertiary/aromatic N) is 4. The van der Waals surface area contributed by atoms with Crippen molar-refractivity contribution in [1.29, 1.82) is 0 Å². The Balaban J connectivity index is 1.49. The SMILES string of the molecule is CNc1nc([C@@H]2CCN(C(=O)c3ccc(COC)cc3)C2)nc2c1CN(C(C)=O)CC2. The number of hydrogen-bond donors (Lipinski definition) is 1. The molecule has 2 aliphatic rings. The van der Waals surface area contributed by atoms with Crippen LogP contribution >= 0.6 is 0 Å². The van der Waals surface area contributed by atoms with Crippen LogP contribution in [0, 0.1) is 0 Å². The number of carbonyl (C=O) groups is 2. The van der Waals surface area contributed by atoms with Crippen molar-refractivity contribution >= 4 is 17.6 Å². The van der Waals surface area contributed by atoms with E-state index in [9.17, 15) is 9.59 Å². The summed E-state index contributed by atoms with van der Waals surface area (Å²) in [6.07, 6.45) is 1.57. The predicted molar refractivity (Wildman–Crippen MR) is 117 cm³/mol. The highest BCUT2D eigenvalue weighted by atomic mass is 16.5. The smallest absolute Gasteiger partial charge is 0.253 e. The number of methoxy groups -OCH3 is 1. The van der Waals surface area contributed by atoms with Gasteiger partial charge in [-0.25, -0.2) is 9.97 Å². The van der Waals surface area contributed by atoms with E-state index in [1.807, 2.05) is 41.1 Å². The first-order valence-electron chi connectivity index (χ1n) is 10.7. The summed E-state index contributed by atoms with van der Waals surface area (Å²) in [5, 5.41) is 3.17. The number of nitrogens with one attached hydrogen (secondary N) is 1. The summed E-state index contributed by atoms with van der Waals surface area (Å²) in [5.41, 5.74) is 3.73. The van der Waals surface area contributed by atoms with Gasteiger partial charge in [-0.15, -0.1) is 0 Å². The van der Waals surface area contributed by atoms with Gasteiger partial charge in [0.15, 0.2) is 0 Å². The summed E-state index contributed by atoms with van der Waals surface area (Å²) in [6.45, 7) is 4.64. The van der Waals surface area contributed by atoms with Gasteiger partial charge in [0, 0.05) is 64.2 Å². The number of amides is 2. The van der Waals surface area contributed by atoms with Crippen molar-refractivity contribution in [1.82, 2.24) is 19.8 Å². The van der Waals surface area contributed by atoms with Gasteiger partial charge in [-0.2, -0.15) is 0 Å². The first kappa shape index (κ1) is 21.2. The molecule has 0 spiro atoms. The van der Waals surface area contributed by atoms with Gasteiger partial charge in [0.1, 0.15) is 11.6 Å². The first-order valence-corrected chi connectivity index (χ1v) is 10.7. The molecular formula is C23H29N5O3. The Morgan fingerprint density at radius 2 is 1.94 bits per heavy atom. The van der Waals surface area contributed by atoms with E-state index in [1.165, 1.54) is 0 Å². The van der Waals surface area contributed by atoms with Crippen molar-refractivity contribution in [2.45, 2.75) is 38.8 Å². The number of aromatic nitrogens is 2. The maximum atomic E-state index is 13.0. The third kappa shape index (κ3) is 4.39. The fraction of sp³-hybridized carbons (Fsp3) is 0.478. The molecule has 2 aromatic rings. The highest BCUT2D eigenvalue weighted by Gasteiger charge is 2.32. The molecule has 8 heteroatoms. The van der Waals surface area contributed by atoms with Crippen molar-refractivity contribution in [3.63, 3.8) is 0 Å². The normalized spacial score (nSPS) is 18.1. The second-order valence-corrected chi connectivity index (χ2v) is 8.16. The second kappa shape index (κ2) is 9.01. The molecule has 3 heterocycles. The quantitative estimate of drug-likeness (QED) is 0.793. The van der Waals surface area contributed by atoms with Crippen LogP contribution in [-0.2, 0) is 29.1 Å². The van der Waals surface area contributed by atoms with Crippen LogP contribution in [-0.4, -0.2) is 65.4 Å². The molecule has 4 rings (SSSR count). The van der Waals surface area contributed by atoms with Crippen LogP contribution in [0.4, 0.5) is 5.82 Å². The molecule has 0 aliphatic carbocycles. The van der Waals surface area contributed by atoms with E-state index in [1.54, 1.807) is 14.0 Å². The van der Waals surface area contributed by atoms with Crippen molar-refractivity contribution in [3.8, 4) is 0 Å². The average molecular weight is 424 g/mol. The minimum absolute atomic E-state index is 0.0374. The van der Waals surface area contributed by atoms with Crippen molar-refractivity contribution in [2.75, 3.05) is 39.1 Å². The Morgan fingerprint density at radius 3 is 2.61 bits per heavy atom. The highest BCUT2D eigenvalue weighted by molar-refractivity contribution is 5.94. The molecule has 31 heavy (non-hydrogen) atoms. The molecule has 1 atom stereocenters. The van der Waals surface area contributed by atoms with E-state index >= 15 is 0 Å². The summed E-state index contributed by atoms with van der Waals surface area (Å²) in [5.74, 6) is 1.78. The standard InChI is InChI=1S/C23H29N5O3/c1-15(29)27-11-9-20-19(13-27)22(24-2)26-21(25-20)18-8-10-28(12-18)23(30)17-6-4-16(5-7-17)14-31-3/h4-7,18H,8-14H2,1-3H3,(H,24,25,26)/t18-/m1/s1. The molecule has 1 N–H and O–H groups in total. The Kier molecular flexibility index (Phi) is 6.18. The molecule has 1 aromatic heterocycles. The molecule has 0 radical (unpaired) electrons. The van der Waals surface area contributed by atoms with Crippen LogP contribution in [0.15, 0.2) is 24.3 Å². The highest BCUT2D eigenvalue weighted by Crippen LogP contribution is 2.30. The van der Waals surface area contributed by atoms with Crippen LogP contribution in [0.3, 0.4) is 0 Å². The molecule has 8 nitrogen and oxygen atoms in total. The van der Waals surface area contributed by atoms with Crippen LogP contribution in [0.5, 0.6) is 0 Å². The Labute approximate surface area is 182 Å². The molecule has 0 unspecified atom stereocenters. The maximum Gasteiger partial charge on any atom is 0.253 e. The second-order valence-electron chi connectivity index (χ2n) is 8.16. The van der Waals surface area contributed by atoms with Gasteiger partial charge in [-0.1, -0.05) is 12.1 Å². The lowest BCUT2D eigenvalue weighted by Crippen LogP contribution is -2.35. The fourth-order valence-electron chi connectivity index (χ4n) is 4.34. The van der Waals surface area contributed by atoms with Crippen molar-refractivity contribution in [3.05, 3.63) is 52.5 Å². The average Bonchev–Trinajstić information content (AvgIpc) is 3.28. The lowest BCUT2D eigenvalue weighted by Gasteiger charge is -2.29. The van der Waals surface area contributed by atoms with Gasteiger partial charge in [0.2, 0.25) is 5.91 Å². The lowest BCUT2D eigenvalue weighted by atomic mass is 10.0. The third-order valence-electron chi connectivity index (χ3n) is 6.11. The molecule has 0 saturated carbocycles. The molecule has 164 valence electrons. The van der Waals surface area contributed by atoms with Gasteiger partial charge >= 0.3 is 0 Å². The molecule has 2 amide bonds. The molecular weight excluding hydrogens is 394 g/mol. The molecule has 1 saturated heterocycles. The van der Waals surface area contributed by atoms with E-state index in [0.29, 0.717) is 38.3 Å². The van der Waals surface area contributed by atoms with Gasteiger partial charge in [-0.05, 0) is 24.1 Å². The van der Waals surface area contributed by atoms with E-state index in [4.69, 9.17) is 14.7 Å². The summed E-state index contributed by atoms with van der Waals surface area (Å²) in [7, 11) is 3.50. The fourth-order valence-corrected chi connectivity index (χ4v) is 4.34. The maximum absolute atomic E-state index is 13.0. The van der Waals surface area contributed by atoms with Crippen LogP contribution in [0.2, 0.25) is 0 Å². The largest absolute Gasteiger partial charge is 0.380 e. The molecule has 0 bridgehead atoms. The zero-order valence-corrected chi connectivity index (χ0v) is 18.4. The minimum atomic E-state index is 0.0374.